The molecule has 0 heterocycles. The predicted molar refractivity (Wildman–Crippen MR) is 281 cm³/mol. The molecule has 0 aliphatic rings. The van der Waals surface area contributed by atoms with E-state index in [1.54, 1.807) is 0 Å². The van der Waals surface area contributed by atoms with Crippen molar-refractivity contribution in [3.05, 3.63) is 273 Å². The molecule has 0 fully saturated rings. The van der Waals surface area contributed by atoms with E-state index in [2.05, 4.69) is 273 Å². The Kier molecular flexibility index (Phi) is 24.2. The number of nitrogens with one attached hydrogen (secondary N) is 3. The molecule has 9 heteroatoms. The Hall–Kier alpha value is -7.59. The van der Waals surface area contributed by atoms with Crippen molar-refractivity contribution in [1.29, 1.82) is 16.2 Å². The van der Waals surface area contributed by atoms with Crippen LogP contribution in [-0.2, 0) is 14.4 Å². The van der Waals surface area contributed by atoms with Crippen molar-refractivity contribution in [2.45, 2.75) is 0 Å². The van der Waals surface area contributed by atoms with Crippen molar-refractivity contribution in [2.24, 2.45) is 0 Å². The van der Waals surface area contributed by atoms with Gasteiger partial charge >= 0.3 is 0 Å². The Balaban J connectivity index is 0.000000198. The normalized spacial score (nSPS) is 9.50. The van der Waals surface area contributed by atoms with Crippen LogP contribution in [0.15, 0.2) is 273 Å². The van der Waals surface area contributed by atoms with Crippen LogP contribution in [0.1, 0.15) is 0 Å². The lowest BCUT2D eigenvalue weighted by Crippen LogP contribution is -2.20. The molecule has 324 valence electrons. The Morgan fingerprint density at radius 1 is 0.197 bits per heavy atom. The summed E-state index contributed by atoms with van der Waals surface area (Å²) in [6.45, 7) is 0. The Bertz CT molecular complexity index is 2150. The number of hydrogen-bond acceptors (Lipinski definition) is 6. The number of rotatable bonds is 9. The van der Waals surface area contributed by atoms with Crippen LogP contribution < -0.4 is 47.7 Å². The summed E-state index contributed by atoms with van der Waals surface area (Å²) in [7, 11) is -1.34. The first-order valence-corrected chi connectivity index (χ1v) is 24.6. The van der Waals surface area contributed by atoms with E-state index in [-0.39, 0.29) is 0 Å². The molecular weight excluding hydrogens is 868 g/mol. The van der Waals surface area contributed by atoms with Gasteiger partial charge in [-0.15, -0.1) is 0 Å². The lowest BCUT2D eigenvalue weighted by Gasteiger charge is -2.18. The summed E-state index contributed by atoms with van der Waals surface area (Å²) < 4.78 is 0. The molecule has 0 saturated heterocycles. The first-order valence-electron chi connectivity index (χ1n) is 20.6. The minimum absolute atomic E-state index is 0.446. The highest BCUT2D eigenvalue weighted by atomic mass is 31.1. The van der Waals surface area contributed by atoms with Crippen LogP contribution in [0.5, 0.6) is 0 Å². The number of carbonyl (C=O) groups excluding carboxylic acids is 3. The smallest absolute Gasteiger partial charge is 0.222 e. The van der Waals surface area contributed by atoms with Crippen molar-refractivity contribution >= 4 is 89.7 Å². The lowest BCUT2D eigenvalue weighted by atomic mass is 10.4. The van der Waals surface area contributed by atoms with E-state index in [1.165, 1.54) is 47.7 Å². The van der Waals surface area contributed by atoms with Gasteiger partial charge in [0.25, 0.3) is 0 Å². The van der Waals surface area contributed by atoms with Gasteiger partial charge in [0, 0.05) is 0 Å². The van der Waals surface area contributed by atoms with Gasteiger partial charge in [0.05, 0.1) is 0 Å². The van der Waals surface area contributed by atoms with Gasteiger partial charge in [-0.1, -0.05) is 273 Å². The number of isocyanates is 3. The highest BCUT2D eigenvalue weighted by Crippen LogP contribution is 2.34. The molecule has 9 aromatic rings. The molecule has 0 spiro atoms. The Labute approximate surface area is 391 Å². The van der Waals surface area contributed by atoms with E-state index in [4.69, 9.17) is 30.6 Å². The topological polar surface area (TPSA) is 123 Å². The molecule has 0 unspecified atom stereocenters. The fourth-order valence-electron chi connectivity index (χ4n) is 6.54. The van der Waals surface area contributed by atoms with Gasteiger partial charge in [-0.2, -0.15) is 0 Å². The van der Waals surface area contributed by atoms with Crippen LogP contribution in [0.2, 0.25) is 0 Å². The molecule has 0 saturated carbocycles. The van der Waals surface area contributed by atoms with Crippen LogP contribution in [0, 0.1) is 16.2 Å². The fourth-order valence-corrected chi connectivity index (χ4v) is 13.5. The van der Waals surface area contributed by atoms with Crippen molar-refractivity contribution in [3.63, 3.8) is 0 Å². The molecule has 6 nitrogen and oxygen atoms in total. The fraction of sp³-hybridized carbons (Fsp3) is 0. The van der Waals surface area contributed by atoms with Crippen molar-refractivity contribution in [2.75, 3.05) is 0 Å². The van der Waals surface area contributed by atoms with Crippen LogP contribution in [0.25, 0.3) is 0 Å². The van der Waals surface area contributed by atoms with Gasteiger partial charge < -0.3 is 0 Å². The van der Waals surface area contributed by atoms with Crippen molar-refractivity contribution in [1.82, 2.24) is 0 Å². The van der Waals surface area contributed by atoms with Crippen LogP contribution in [0.4, 0.5) is 0 Å². The van der Waals surface area contributed by atoms with Crippen molar-refractivity contribution in [3.8, 4) is 0 Å². The first-order chi connectivity index (χ1) is 32.6. The molecule has 0 atom stereocenters. The van der Waals surface area contributed by atoms with E-state index < -0.39 is 23.8 Å². The molecule has 0 aliphatic carbocycles. The summed E-state index contributed by atoms with van der Waals surface area (Å²) in [6.07, 6.45) is 2.25. The van der Waals surface area contributed by atoms with E-state index in [0.29, 0.717) is 0 Å². The Morgan fingerprint density at radius 3 is 0.348 bits per heavy atom. The SMILES string of the molecule is N=C=O.N=C=O.N=C=O.c1ccc(P(c2ccccc2)c2ccccc2)cc1.c1ccc(P(c2ccccc2)c2ccccc2)cc1.c1ccc(P(c2ccccc2)c2ccccc2)cc1. The average molecular weight is 916 g/mol. The third kappa shape index (κ3) is 17.2. The average Bonchev–Trinajstić information content (AvgIpc) is 3.38. The second-order valence-electron chi connectivity index (χ2n) is 13.3. The van der Waals surface area contributed by atoms with Crippen LogP contribution in [-0.4, -0.2) is 18.2 Å². The summed E-state index contributed by atoms with van der Waals surface area (Å²) in [6, 6.07) is 97.0. The third-order valence-electron chi connectivity index (χ3n) is 9.13. The maximum absolute atomic E-state index is 8.35. The summed E-state index contributed by atoms with van der Waals surface area (Å²) >= 11 is 0. The molecule has 0 amide bonds. The summed E-state index contributed by atoms with van der Waals surface area (Å²) in [5.74, 6) is 0. The minimum Gasteiger partial charge on any atom is -0.222 e. The highest BCUT2D eigenvalue weighted by Gasteiger charge is 2.17. The van der Waals surface area contributed by atoms with Gasteiger partial charge in [-0.05, 0) is 71.5 Å². The molecule has 66 heavy (non-hydrogen) atoms. The third-order valence-corrected chi connectivity index (χ3v) is 16.5. The minimum atomic E-state index is -0.446. The van der Waals surface area contributed by atoms with E-state index in [0.717, 1.165) is 18.2 Å². The maximum Gasteiger partial charge on any atom is 0.231 e. The molecule has 0 radical (unpaired) electrons. The zero-order chi connectivity index (χ0) is 46.9. The summed E-state index contributed by atoms with van der Waals surface area (Å²) in [5, 5.41) is 28.8. The molecule has 0 aromatic heterocycles. The maximum atomic E-state index is 8.35. The van der Waals surface area contributed by atoms with Gasteiger partial charge in [0.1, 0.15) is 0 Å². The monoisotopic (exact) mass is 915 g/mol. The number of benzene rings is 9. The zero-order valence-corrected chi connectivity index (χ0v) is 38.7. The second-order valence-corrected chi connectivity index (χ2v) is 20.0. The summed E-state index contributed by atoms with van der Waals surface area (Å²) in [4.78, 5) is 25.0. The van der Waals surface area contributed by atoms with Gasteiger partial charge in [0.2, 0.25) is 18.2 Å². The standard InChI is InChI=1S/3C18H15P.3CHNO/c3*1-4-10-16(11-5-1)19(17-12-6-2-7-13-17)18-14-8-3-9-15-18;3*2-1-3/h3*1-15H;3*2H. The molecule has 3 N–H and O–H groups in total. The largest absolute Gasteiger partial charge is 0.231 e. The van der Waals surface area contributed by atoms with Crippen LogP contribution >= 0.6 is 23.8 Å². The first kappa shape index (κ1) is 51.0. The van der Waals surface area contributed by atoms with Crippen LogP contribution in [0.3, 0.4) is 0 Å². The second kappa shape index (κ2) is 31.3. The quantitative estimate of drug-likeness (QED) is 0.0759. The Morgan fingerprint density at radius 2 is 0.273 bits per heavy atom. The highest BCUT2D eigenvalue weighted by molar-refractivity contribution is 7.80. The molecule has 0 aliphatic heterocycles. The van der Waals surface area contributed by atoms with E-state index >= 15 is 0 Å². The van der Waals surface area contributed by atoms with E-state index in [1.807, 2.05) is 0 Å². The number of hydrogen-bond donors (Lipinski definition) is 3. The lowest BCUT2D eigenvalue weighted by molar-refractivity contribution is 0.562. The van der Waals surface area contributed by atoms with Gasteiger partial charge in [-0.3, -0.25) is 0 Å². The van der Waals surface area contributed by atoms with Gasteiger partial charge in [0.15, 0.2) is 0 Å². The van der Waals surface area contributed by atoms with Crippen molar-refractivity contribution < 1.29 is 14.4 Å². The molecular formula is C57H48N3O3P3. The zero-order valence-electron chi connectivity index (χ0n) is 36.0. The predicted octanol–water partition coefficient (Wildman–Crippen LogP) is 10.0. The van der Waals surface area contributed by atoms with Gasteiger partial charge in [-0.25, -0.2) is 30.6 Å². The summed E-state index contributed by atoms with van der Waals surface area (Å²) in [5.41, 5.74) is 0. The molecule has 0 bridgehead atoms. The van der Waals surface area contributed by atoms with E-state index in [9.17, 15) is 0 Å². The molecule has 9 aromatic carbocycles. The molecule has 9 rings (SSSR count).